The fraction of sp³-hybridized carbons (Fsp3) is 0.235. The molecule has 1 aliphatic carbocycles. The maximum atomic E-state index is 12.6. The smallest absolute Gasteiger partial charge is 0.194 e. The third-order valence-corrected chi connectivity index (χ3v) is 5.22. The van der Waals surface area contributed by atoms with Crippen LogP contribution >= 0.6 is 27.5 Å². The van der Waals surface area contributed by atoms with Crippen LogP contribution in [0.15, 0.2) is 46.9 Å². The highest BCUT2D eigenvalue weighted by Crippen LogP contribution is 2.37. The van der Waals surface area contributed by atoms with Crippen molar-refractivity contribution in [3.8, 4) is 0 Å². The minimum absolute atomic E-state index is 0.0162. The highest BCUT2D eigenvalue weighted by molar-refractivity contribution is 9.10. The van der Waals surface area contributed by atoms with Crippen LogP contribution in [0.3, 0.4) is 0 Å². The van der Waals surface area contributed by atoms with Crippen LogP contribution in [-0.2, 0) is 0 Å². The van der Waals surface area contributed by atoms with Gasteiger partial charge in [-0.1, -0.05) is 42.3 Å². The van der Waals surface area contributed by atoms with E-state index in [4.69, 9.17) is 11.6 Å². The first kappa shape index (κ1) is 13.8. The van der Waals surface area contributed by atoms with Crippen LogP contribution in [0.5, 0.6) is 0 Å². The zero-order chi connectivity index (χ0) is 14.1. The summed E-state index contributed by atoms with van der Waals surface area (Å²) in [5, 5.41) is 0.478. The third kappa shape index (κ3) is 2.55. The second-order valence-electron chi connectivity index (χ2n) is 5.18. The molecule has 0 heterocycles. The summed E-state index contributed by atoms with van der Waals surface area (Å²) in [6.07, 6.45) is 3.75. The first-order chi connectivity index (χ1) is 9.66. The fourth-order valence-electron chi connectivity index (χ4n) is 2.51. The maximum Gasteiger partial charge on any atom is 0.194 e. The van der Waals surface area contributed by atoms with E-state index < -0.39 is 0 Å². The Bertz CT molecular complexity index is 662. The van der Waals surface area contributed by atoms with Gasteiger partial charge >= 0.3 is 0 Å². The summed E-state index contributed by atoms with van der Waals surface area (Å²) in [7, 11) is 0. The molecule has 0 unspecified atom stereocenters. The molecule has 3 heteroatoms. The van der Waals surface area contributed by atoms with E-state index in [-0.39, 0.29) is 5.78 Å². The summed E-state index contributed by atoms with van der Waals surface area (Å²) < 4.78 is 0.750. The van der Waals surface area contributed by atoms with Gasteiger partial charge in [-0.25, -0.2) is 0 Å². The number of carbonyl (C=O) groups is 1. The molecule has 1 saturated carbocycles. The lowest BCUT2D eigenvalue weighted by Gasteiger charge is -2.26. The third-order valence-electron chi connectivity index (χ3n) is 3.92. The lowest BCUT2D eigenvalue weighted by Crippen LogP contribution is -2.10. The highest BCUT2D eigenvalue weighted by Gasteiger charge is 2.21. The Morgan fingerprint density at radius 2 is 1.90 bits per heavy atom. The molecule has 2 aromatic carbocycles. The number of halogens is 2. The second-order valence-corrected chi connectivity index (χ2v) is 6.42. The lowest BCUT2D eigenvalue weighted by molar-refractivity contribution is 0.103. The minimum Gasteiger partial charge on any atom is -0.289 e. The van der Waals surface area contributed by atoms with Crippen molar-refractivity contribution >= 4 is 33.3 Å². The fourth-order valence-corrected chi connectivity index (χ4v) is 3.09. The molecule has 0 aliphatic heterocycles. The summed E-state index contributed by atoms with van der Waals surface area (Å²) in [6.45, 7) is 0. The largest absolute Gasteiger partial charge is 0.289 e. The van der Waals surface area contributed by atoms with Gasteiger partial charge in [-0.15, -0.1) is 0 Å². The molecule has 0 aromatic heterocycles. The second kappa shape index (κ2) is 5.71. The predicted octanol–water partition coefficient (Wildman–Crippen LogP) is 5.60. The van der Waals surface area contributed by atoms with E-state index >= 15 is 0 Å². The summed E-state index contributed by atoms with van der Waals surface area (Å²) in [4.78, 5) is 12.6. The Morgan fingerprint density at radius 1 is 1.15 bits per heavy atom. The van der Waals surface area contributed by atoms with Gasteiger partial charge in [-0.3, -0.25) is 4.79 Å². The van der Waals surface area contributed by atoms with Crippen LogP contribution in [0.1, 0.15) is 46.7 Å². The van der Waals surface area contributed by atoms with Gasteiger partial charge in [-0.05, 0) is 58.5 Å². The van der Waals surface area contributed by atoms with E-state index in [1.807, 2.05) is 30.3 Å². The molecule has 102 valence electrons. The molecule has 0 amide bonds. The average Bonchev–Trinajstić information content (AvgIpc) is 2.40. The molecule has 20 heavy (non-hydrogen) atoms. The summed E-state index contributed by atoms with van der Waals surface area (Å²) in [6, 6.07) is 13.4. The Labute approximate surface area is 132 Å². The lowest BCUT2D eigenvalue weighted by atomic mass is 9.79. The molecular weight excluding hydrogens is 336 g/mol. The molecular formula is C17H14BrClO. The minimum atomic E-state index is -0.0162. The summed E-state index contributed by atoms with van der Waals surface area (Å²) in [5.41, 5.74) is 2.54. The predicted molar refractivity (Wildman–Crippen MR) is 85.6 cm³/mol. The number of hydrogen-bond donors (Lipinski definition) is 0. The first-order valence-corrected chi connectivity index (χ1v) is 7.92. The molecule has 0 radical (unpaired) electrons. The molecule has 1 aliphatic rings. The van der Waals surface area contributed by atoms with Crippen LogP contribution < -0.4 is 0 Å². The molecule has 0 bridgehead atoms. The Kier molecular flexibility index (Phi) is 3.95. The van der Waals surface area contributed by atoms with Crippen molar-refractivity contribution in [1.29, 1.82) is 0 Å². The molecule has 3 rings (SSSR count). The van der Waals surface area contributed by atoms with Crippen molar-refractivity contribution in [3.63, 3.8) is 0 Å². The van der Waals surface area contributed by atoms with Gasteiger partial charge in [0.15, 0.2) is 5.78 Å². The van der Waals surface area contributed by atoms with E-state index in [2.05, 4.69) is 22.0 Å². The van der Waals surface area contributed by atoms with Crippen molar-refractivity contribution < 1.29 is 4.79 Å². The van der Waals surface area contributed by atoms with Crippen molar-refractivity contribution in [2.24, 2.45) is 0 Å². The quantitative estimate of drug-likeness (QED) is 0.659. The average molecular weight is 350 g/mol. The van der Waals surface area contributed by atoms with Gasteiger partial charge in [0, 0.05) is 15.6 Å². The van der Waals surface area contributed by atoms with Gasteiger partial charge in [-0.2, -0.15) is 0 Å². The molecule has 1 fully saturated rings. The number of benzene rings is 2. The van der Waals surface area contributed by atoms with Crippen LogP contribution in [-0.4, -0.2) is 5.78 Å². The SMILES string of the molecule is O=C(c1cccc(C2CCC2)c1)c1cccc(Br)c1Cl. The topological polar surface area (TPSA) is 17.1 Å². The molecule has 1 nitrogen and oxygen atoms in total. The van der Waals surface area contributed by atoms with E-state index in [0.29, 0.717) is 16.5 Å². The number of rotatable bonds is 3. The molecule has 0 spiro atoms. The molecule has 2 aromatic rings. The molecule has 0 saturated heterocycles. The van der Waals surface area contributed by atoms with Gasteiger partial charge in [0.2, 0.25) is 0 Å². The van der Waals surface area contributed by atoms with Crippen molar-refractivity contribution in [3.05, 3.63) is 68.7 Å². The summed E-state index contributed by atoms with van der Waals surface area (Å²) >= 11 is 9.57. The van der Waals surface area contributed by atoms with Crippen LogP contribution in [0.2, 0.25) is 5.02 Å². The molecule has 0 N–H and O–H groups in total. The van der Waals surface area contributed by atoms with Gasteiger partial charge in [0.25, 0.3) is 0 Å². The molecule has 0 atom stereocenters. The normalized spacial score (nSPS) is 14.9. The van der Waals surface area contributed by atoms with Crippen molar-refractivity contribution in [1.82, 2.24) is 0 Å². The van der Waals surface area contributed by atoms with Gasteiger partial charge in [0.1, 0.15) is 0 Å². The van der Waals surface area contributed by atoms with Crippen LogP contribution in [0, 0.1) is 0 Å². The van der Waals surface area contributed by atoms with Gasteiger partial charge < -0.3 is 0 Å². The number of hydrogen-bond acceptors (Lipinski definition) is 1. The van der Waals surface area contributed by atoms with E-state index in [1.54, 1.807) is 6.07 Å². The number of carbonyl (C=O) groups excluding carboxylic acids is 1. The number of ketones is 1. The van der Waals surface area contributed by atoms with Crippen LogP contribution in [0.4, 0.5) is 0 Å². The Balaban J connectivity index is 1.95. The first-order valence-electron chi connectivity index (χ1n) is 6.75. The monoisotopic (exact) mass is 348 g/mol. The maximum absolute atomic E-state index is 12.6. The van der Waals surface area contributed by atoms with Crippen LogP contribution in [0.25, 0.3) is 0 Å². The Hall–Kier alpha value is -1.12. The standard InChI is InChI=1S/C17H14BrClO/c18-15-9-3-8-14(16(15)19)17(20)13-7-2-6-12(10-13)11-4-1-5-11/h2-3,6-11H,1,4-5H2. The van der Waals surface area contributed by atoms with Gasteiger partial charge in [0.05, 0.1) is 5.02 Å². The zero-order valence-electron chi connectivity index (χ0n) is 10.9. The Morgan fingerprint density at radius 3 is 2.60 bits per heavy atom. The zero-order valence-corrected chi connectivity index (χ0v) is 13.2. The van der Waals surface area contributed by atoms with E-state index in [9.17, 15) is 4.79 Å². The summed E-state index contributed by atoms with van der Waals surface area (Å²) in [5.74, 6) is 0.609. The van der Waals surface area contributed by atoms with Crippen molar-refractivity contribution in [2.45, 2.75) is 25.2 Å². The van der Waals surface area contributed by atoms with Crippen molar-refractivity contribution in [2.75, 3.05) is 0 Å². The highest BCUT2D eigenvalue weighted by atomic mass is 79.9. The van der Waals surface area contributed by atoms with E-state index in [1.165, 1.54) is 24.8 Å². The van der Waals surface area contributed by atoms with E-state index in [0.717, 1.165) is 10.0 Å².